The third-order valence-electron chi connectivity index (χ3n) is 5.11. The molecule has 1 atom stereocenters. The van der Waals surface area contributed by atoms with E-state index in [0.717, 1.165) is 27.0 Å². The van der Waals surface area contributed by atoms with Crippen LogP contribution >= 0.6 is 11.3 Å². The van der Waals surface area contributed by atoms with E-state index < -0.39 is 0 Å². The molecule has 0 aliphatic carbocycles. The summed E-state index contributed by atoms with van der Waals surface area (Å²) >= 11 is 1.52. The largest absolute Gasteiger partial charge is 0.497 e. The summed E-state index contributed by atoms with van der Waals surface area (Å²) in [4.78, 5) is 20.0. The monoisotopic (exact) mass is 393 g/mol. The molecule has 3 heterocycles. The van der Waals surface area contributed by atoms with Gasteiger partial charge in [-0.05, 0) is 34.5 Å². The van der Waals surface area contributed by atoms with Gasteiger partial charge in [0.25, 0.3) is 5.91 Å². The molecular weight excluding hydrogens is 374 g/mol. The first-order chi connectivity index (χ1) is 13.7. The number of nitrogens with zero attached hydrogens (tertiary/aromatic N) is 3. The average molecular weight is 393 g/mol. The van der Waals surface area contributed by atoms with Gasteiger partial charge in [-0.15, -0.1) is 11.3 Å². The lowest BCUT2D eigenvalue weighted by Crippen LogP contribution is -2.42. The maximum absolute atomic E-state index is 12.9. The molecule has 1 amide bonds. The van der Waals surface area contributed by atoms with Crippen molar-refractivity contribution in [2.24, 2.45) is 0 Å². The second-order valence-corrected chi connectivity index (χ2v) is 7.68. The van der Waals surface area contributed by atoms with Crippen molar-refractivity contribution in [3.8, 4) is 5.75 Å². The van der Waals surface area contributed by atoms with Gasteiger partial charge in [-0.2, -0.15) is 0 Å². The average Bonchev–Trinajstić information content (AvgIpc) is 3.35. The summed E-state index contributed by atoms with van der Waals surface area (Å²) in [6, 6.07) is 12.3. The zero-order valence-corrected chi connectivity index (χ0v) is 16.2. The van der Waals surface area contributed by atoms with Crippen LogP contribution < -0.4 is 4.74 Å². The molecule has 5 rings (SSSR count). The highest BCUT2D eigenvalue weighted by atomic mass is 32.1. The fourth-order valence-electron chi connectivity index (χ4n) is 3.60. The molecule has 6 nitrogen and oxygen atoms in total. The Hall–Kier alpha value is -2.90. The van der Waals surface area contributed by atoms with Gasteiger partial charge in [-0.3, -0.25) is 9.20 Å². The van der Waals surface area contributed by atoms with Crippen LogP contribution in [0.15, 0.2) is 54.2 Å². The van der Waals surface area contributed by atoms with Gasteiger partial charge in [0.2, 0.25) is 0 Å². The van der Waals surface area contributed by atoms with Gasteiger partial charge in [-0.1, -0.05) is 18.2 Å². The third-order valence-corrected chi connectivity index (χ3v) is 5.88. The zero-order valence-electron chi connectivity index (χ0n) is 15.4. The van der Waals surface area contributed by atoms with E-state index in [1.807, 2.05) is 39.1 Å². The molecule has 142 valence electrons. The number of amides is 1. The van der Waals surface area contributed by atoms with E-state index in [1.165, 1.54) is 11.3 Å². The first kappa shape index (κ1) is 17.2. The number of benzene rings is 2. The molecule has 1 fully saturated rings. The maximum Gasteiger partial charge on any atom is 0.274 e. The smallest absolute Gasteiger partial charge is 0.274 e. The second-order valence-electron chi connectivity index (χ2n) is 6.80. The third kappa shape index (κ3) is 3.02. The van der Waals surface area contributed by atoms with Crippen LogP contribution in [0.3, 0.4) is 0 Å². The van der Waals surface area contributed by atoms with Crippen molar-refractivity contribution in [2.75, 3.05) is 26.8 Å². The van der Waals surface area contributed by atoms with E-state index in [4.69, 9.17) is 9.47 Å². The molecular formula is C21H19N3O3S. The lowest BCUT2D eigenvalue weighted by atomic mass is 10.0. The van der Waals surface area contributed by atoms with Crippen LogP contribution in [0.4, 0.5) is 0 Å². The van der Waals surface area contributed by atoms with E-state index >= 15 is 0 Å². The number of carbonyl (C=O) groups excluding carboxylic acids is 1. The summed E-state index contributed by atoms with van der Waals surface area (Å²) in [5, 5.41) is 4.20. The summed E-state index contributed by atoms with van der Waals surface area (Å²) in [6.07, 6.45) is 3.56. The summed E-state index contributed by atoms with van der Waals surface area (Å²) in [5.41, 5.74) is 1.55. The van der Waals surface area contributed by atoms with Crippen LogP contribution in [0.25, 0.3) is 15.7 Å². The Labute approximate surface area is 165 Å². The Kier molecular flexibility index (Phi) is 4.26. The van der Waals surface area contributed by atoms with Crippen LogP contribution in [-0.2, 0) is 4.74 Å². The summed E-state index contributed by atoms with van der Waals surface area (Å²) in [5.74, 6) is 0.792. The Balaban J connectivity index is 1.38. The van der Waals surface area contributed by atoms with Crippen LogP contribution in [0.1, 0.15) is 22.2 Å². The van der Waals surface area contributed by atoms with Crippen molar-refractivity contribution in [3.63, 3.8) is 0 Å². The molecule has 0 N–H and O–H groups in total. The number of morpholine rings is 1. The van der Waals surface area contributed by atoms with Gasteiger partial charge in [0.15, 0.2) is 4.96 Å². The van der Waals surface area contributed by atoms with E-state index in [9.17, 15) is 4.79 Å². The van der Waals surface area contributed by atoms with Crippen molar-refractivity contribution in [3.05, 3.63) is 65.4 Å². The standard InChI is InChI=1S/C21H19N3O3S/c1-26-17-5-4-14-10-16(3-2-15(14)11-17)19-13-23(6-8-27-19)20(25)18-12-24-7-9-28-21(24)22-18/h2-5,7,9-12,19H,6,8,13H2,1H3/t19-/m1/s1. The van der Waals surface area contributed by atoms with E-state index in [0.29, 0.717) is 25.4 Å². The fraction of sp³-hybridized carbons (Fsp3) is 0.238. The van der Waals surface area contributed by atoms with Gasteiger partial charge < -0.3 is 14.4 Å². The summed E-state index contributed by atoms with van der Waals surface area (Å²) < 4.78 is 13.1. The lowest BCUT2D eigenvalue weighted by molar-refractivity contribution is -0.0229. The number of hydrogen-bond acceptors (Lipinski definition) is 5. The number of carbonyl (C=O) groups is 1. The normalized spacial score (nSPS) is 17.3. The van der Waals surface area contributed by atoms with Gasteiger partial charge in [-0.25, -0.2) is 4.98 Å². The second kappa shape index (κ2) is 6.92. The molecule has 0 bridgehead atoms. The highest BCUT2D eigenvalue weighted by Crippen LogP contribution is 2.28. The van der Waals surface area contributed by atoms with Gasteiger partial charge in [0.1, 0.15) is 17.5 Å². The Morgan fingerprint density at radius 1 is 1.25 bits per heavy atom. The zero-order chi connectivity index (χ0) is 19.1. The molecule has 1 aliphatic rings. The predicted octanol–water partition coefficient (Wildman–Crippen LogP) is 3.77. The van der Waals surface area contributed by atoms with Crippen molar-refractivity contribution >= 4 is 33.0 Å². The minimum atomic E-state index is -0.145. The molecule has 4 aromatic rings. The molecule has 0 spiro atoms. The minimum absolute atomic E-state index is 0.0466. The van der Waals surface area contributed by atoms with Crippen molar-refractivity contribution in [2.45, 2.75) is 6.10 Å². The van der Waals surface area contributed by atoms with Crippen molar-refractivity contribution in [1.29, 1.82) is 0 Å². The number of methoxy groups -OCH3 is 1. The molecule has 2 aromatic heterocycles. The number of hydrogen-bond donors (Lipinski definition) is 0. The molecule has 0 radical (unpaired) electrons. The maximum atomic E-state index is 12.9. The topological polar surface area (TPSA) is 56.1 Å². The lowest BCUT2D eigenvalue weighted by Gasteiger charge is -2.33. The summed E-state index contributed by atoms with van der Waals surface area (Å²) in [6.45, 7) is 1.61. The Bertz CT molecular complexity index is 1140. The molecule has 0 saturated carbocycles. The molecule has 7 heteroatoms. The minimum Gasteiger partial charge on any atom is -0.497 e. The van der Waals surface area contributed by atoms with Crippen LogP contribution in [-0.4, -0.2) is 47.0 Å². The highest BCUT2D eigenvalue weighted by molar-refractivity contribution is 7.15. The molecule has 0 unspecified atom stereocenters. The number of rotatable bonds is 3. The van der Waals surface area contributed by atoms with E-state index in [-0.39, 0.29) is 12.0 Å². The van der Waals surface area contributed by atoms with Crippen LogP contribution in [0.5, 0.6) is 5.75 Å². The van der Waals surface area contributed by atoms with Crippen LogP contribution in [0.2, 0.25) is 0 Å². The number of fused-ring (bicyclic) bond motifs is 2. The Morgan fingerprint density at radius 3 is 2.96 bits per heavy atom. The first-order valence-electron chi connectivity index (χ1n) is 9.12. The number of ether oxygens (including phenoxy) is 2. The predicted molar refractivity (Wildman–Crippen MR) is 108 cm³/mol. The Morgan fingerprint density at radius 2 is 2.11 bits per heavy atom. The molecule has 2 aromatic carbocycles. The molecule has 28 heavy (non-hydrogen) atoms. The number of imidazole rings is 1. The van der Waals surface area contributed by atoms with Crippen molar-refractivity contribution in [1.82, 2.24) is 14.3 Å². The highest BCUT2D eigenvalue weighted by Gasteiger charge is 2.27. The fourth-order valence-corrected chi connectivity index (χ4v) is 4.30. The number of thiazole rings is 1. The first-order valence-corrected chi connectivity index (χ1v) is 10.00. The SMILES string of the molecule is COc1ccc2cc([C@H]3CN(C(=O)c4cn5ccsc5n4)CCO3)ccc2c1. The molecule has 1 saturated heterocycles. The van der Waals surface area contributed by atoms with Gasteiger partial charge in [0.05, 0.1) is 20.3 Å². The van der Waals surface area contributed by atoms with E-state index in [1.54, 1.807) is 13.3 Å². The number of aromatic nitrogens is 2. The van der Waals surface area contributed by atoms with E-state index in [2.05, 4.69) is 23.2 Å². The summed E-state index contributed by atoms with van der Waals surface area (Å²) in [7, 11) is 1.67. The van der Waals surface area contributed by atoms with Crippen LogP contribution in [0, 0.1) is 0 Å². The molecule has 1 aliphatic heterocycles. The van der Waals surface area contributed by atoms with Crippen molar-refractivity contribution < 1.29 is 14.3 Å². The van der Waals surface area contributed by atoms with Gasteiger partial charge in [0, 0.05) is 24.3 Å². The van der Waals surface area contributed by atoms with Gasteiger partial charge >= 0.3 is 0 Å². The quantitative estimate of drug-likeness (QED) is 0.532.